The first-order valence-corrected chi connectivity index (χ1v) is 5.31. The van der Waals surface area contributed by atoms with Gasteiger partial charge in [0.2, 0.25) is 0 Å². The Hall–Kier alpha value is -2.44. The van der Waals surface area contributed by atoms with Crippen molar-refractivity contribution < 1.29 is 23.6 Å². The molecule has 19 heavy (non-hydrogen) atoms. The monoisotopic (exact) mass is 269 g/mol. The van der Waals surface area contributed by atoms with Crippen molar-refractivity contribution in [2.45, 2.75) is 6.42 Å². The van der Waals surface area contributed by atoms with E-state index in [4.69, 9.17) is 4.74 Å². The zero-order valence-electron chi connectivity index (χ0n) is 10.2. The molecule has 0 fully saturated rings. The lowest BCUT2D eigenvalue weighted by Gasteiger charge is -2.08. The summed E-state index contributed by atoms with van der Waals surface area (Å²) in [7, 11) is 1.08. The molecule has 0 N–H and O–H groups in total. The van der Waals surface area contributed by atoms with Gasteiger partial charge < -0.3 is 9.47 Å². The second-order valence-electron chi connectivity index (χ2n) is 3.47. The fourth-order valence-electron chi connectivity index (χ4n) is 1.32. The van der Waals surface area contributed by atoms with Crippen LogP contribution >= 0.6 is 0 Å². The van der Waals surface area contributed by atoms with Gasteiger partial charge in [-0.25, -0.2) is 9.18 Å². The predicted octanol–water partition coefficient (Wildman–Crippen LogP) is 2.48. The van der Waals surface area contributed by atoms with Crippen LogP contribution < -0.4 is 4.74 Å². The number of carbonyl (C=O) groups excluding carboxylic acids is 1. The molecule has 7 heteroatoms. The SMILES string of the molecule is C=CCCOc1cc(C(=O)OC)c(F)cc1[N+](=O)[O-]. The Kier molecular flexibility index (Phi) is 4.99. The summed E-state index contributed by atoms with van der Waals surface area (Å²) in [6.07, 6.45) is 2.03. The average molecular weight is 269 g/mol. The summed E-state index contributed by atoms with van der Waals surface area (Å²) in [5, 5.41) is 10.8. The van der Waals surface area contributed by atoms with Gasteiger partial charge in [0.25, 0.3) is 0 Å². The minimum Gasteiger partial charge on any atom is -0.486 e. The molecular weight excluding hydrogens is 257 g/mol. The van der Waals surface area contributed by atoms with Gasteiger partial charge in [-0.05, 0) is 6.42 Å². The minimum atomic E-state index is -1.03. The van der Waals surface area contributed by atoms with Crippen LogP contribution in [-0.2, 0) is 4.74 Å². The average Bonchev–Trinajstić information content (AvgIpc) is 2.39. The molecule has 0 saturated carbocycles. The molecule has 6 nitrogen and oxygen atoms in total. The number of halogens is 1. The quantitative estimate of drug-likeness (QED) is 0.260. The van der Waals surface area contributed by atoms with Crippen molar-refractivity contribution in [3.63, 3.8) is 0 Å². The number of benzene rings is 1. The fourth-order valence-corrected chi connectivity index (χ4v) is 1.32. The Balaban J connectivity index is 3.19. The number of rotatable bonds is 6. The molecule has 0 aliphatic carbocycles. The van der Waals surface area contributed by atoms with Crippen molar-refractivity contribution in [3.05, 3.63) is 46.3 Å². The third kappa shape index (κ3) is 3.51. The normalized spacial score (nSPS) is 9.79. The molecule has 0 bridgehead atoms. The first kappa shape index (κ1) is 14.6. The number of ether oxygens (including phenoxy) is 2. The van der Waals surface area contributed by atoms with Gasteiger partial charge in [-0.1, -0.05) is 6.08 Å². The number of carbonyl (C=O) groups is 1. The maximum Gasteiger partial charge on any atom is 0.340 e. The molecule has 1 aromatic carbocycles. The topological polar surface area (TPSA) is 78.7 Å². The van der Waals surface area contributed by atoms with E-state index in [9.17, 15) is 19.3 Å². The van der Waals surface area contributed by atoms with Gasteiger partial charge in [0, 0.05) is 6.07 Å². The van der Waals surface area contributed by atoms with E-state index in [1.54, 1.807) is 6.08 Å². The number of methoxy groups -OCH3 is 1. The summed E-state index contributed by atoms with van der Waals surface area (Å²) < 4.78 is 23.1. The predicted molar refractivity (Wildman–Crippen MR) is 64.7 cm³/mol. The molecule has 0 aromatic heterocycles. The van der Waals surface area contributed by atoms with Gasteiger partial charge in [0.05, 0.1) is 30.3 Å². The molecule has 0 amide bonds. The summed E-state index contributed by atoms with van der Waals surface area (Å²) in [5.74, 6) is -2.15. The van der Waals surface area contributed by atoms with E-state index < -0.39 is 28.0 Å². The Morgan fingerprint density at radius 3 is 2.79 bits per heavy atom. The first-order valence-electron chi connectivity index (χ1n) is 5.31. The summed E-state index contributed by atoms with van der Waals surface area (Å²) in [6, 6.07) is 1.60. The van der Waals surface area contributed by atoms with Gasteiger partial charge in [0.15, 0.2) is 5.75 Å². The van der Waals surface area contributed by atoms with E-state index >= 15 is 0 Å². The number of esters is 1. The van der Waals surface area contributed by atoms with Crippen molar-refractivity contribution in [3.8, 4) is 5.75 Å². The highest BCUT2D eigenvalue weighted by Crippen LogP contribution is 2.30. The van der Waals surface area contributed by atoms with Crippen LogP contribution in [0.15, 0.2) is 24.8 Å². The Labute approximate surface area is 108 Å². The Morgan fingerprint density at radius 2 is 2.26 bits per heavy atom. The second kappa shape index (κ2) is 6.48. The van der Waals surface area contributed by atoms with Crippen molar-refractivity contribution in [1.82, 2.24) is 0 Å². The molecule has 0 aliphatic rings. The summed E-state index contributed by atoms with van der Waals surface area (Å²) in [4.78, 5) is 21.3. The van der Waals surface area contributed by atoms with Crippen LogP contribution in [0.2, 0.25) is 0 Å². The molecule has 0 heterocycles. The highest BCUT2D eigenvalue weighted by molar-refractivity contribution is 5.90. The Bertz CT molecular complexity index is 515. The highest BCUT2D eigenvalue weighted by Gasteiger charge is 2.23. The van der Waals surface area contributed by atoms with Gasteiger partial charge in [-0.2, -0.15) is 0 Å². The lowest BCUT2D eigenvalue weighted by Crippen LogP contribution is -2.07. The number of nitro benzene ring substituents is 1. The lowest BCUT2D eigenvalue weighted by molar-refractivity contribution is -0.386. The van der Waals surface area contributed by atoms with Gasteiger partial charge in [0.1, 0.15) is 5.82 Å². The first-order chi connectivity index (χ1) is 9.01. The van der Waals surface area contributed by atoms with Crippen molar-refractivity contribution >= 4 is 11.7 Å². The molecule has 1 aromatic rings. The number of hydrogen-bond donors (Lipinski definition) is 0. The maximum atomic E-state index is 13.5. The third-order valence-corrected chi connectivity index (χ3v) is 2.23. The lowest BCUT2D eigenvalue weighted by atomic mass is 10.1. The van der Waals surface area contributed by atoms with Crippen LogP contribution in [0.25, 0.3) is 0 Å². The number of nitro groups is 1. The number of nitrogens with zero attached hydrogens (tertiary/aromatic N) is 1. The van der Waals surface area contributed by atoms with Crippen LogP contribution in [0.1, 0.15) is 16.8 Å². The van der Waals surface area contributed by atoms with Crippen molar-refractivity contribution in [1.29, 1.82) is 0 Å². The van der Waals surface area contributed by atoms with Crippen LogP contribution in [-0.4, -0.2) is 24.6 Å². The minimum absolute atomic E-state index is 0.136. The molecule has 0 radical (unpaired) electrons. The van der Waals surface area contributed by atoms with Crippen molar-refractivity contribution in [2.75, 3.05) is 13.7 Å². The van der Waals surface area contributed by atoms with Gasteiger partial charge >= 0.3 is 11.7 Å². The summed E-state index contributed by atoms with van der Waals surface area (Å²) in [6.45, 7) is 3.61. The van der Waals surface area contributed by atoms with E-state index in [2.05, 4.69) is 11.3 Å². The Morgan fingerprint density at radius 1 is 1.58 bits per heavy atom. The largest absolute Gasteiger partial charge is 0.486 e. The smallest absolute Gasteiger partial charge is 0.340 e. The molecule has 0 spiro atoms. The zero-order valence-corrected chi connectivity index (χ0v) is 10.2. The maximum absolute atomic E-state index is 13.5. The molecule has 0 saturated heterocycles. The van der Waals surface area contributed by atoms with Crippen LogP contribution in [0, 0.1) is 15.9 Å². The van der Waals surface area contributed by atoms with Crippen LogP contribution in [0.5, 0.6) is 5.75 Å². The second-order valence-corrected chi connectivity index (χ2v) is 3.47. The van der Waals surface area contributed by atoms with Gasteiger partial charge in [-0.15, -0.1) is 6.58 Å². The van der Waals surface area contributed by atoms with Crippen LogP contribution in [0.3, 0.4) is 0 Å². The highest BCUT2D eigenvalue weighted by atomic mass is 19.1. The molecule has 0 atom stereocenters. The molecule has 1 rings (SSSR count). The molecule has 0 unspecified atom stereocenters. The molecule has 0 aliphatic heterocycles. The van der Waals surface area contributed by atoms with E-state index in [0.29, 0.717) is 12.5 Å². The molecular formula is C12H12FNO5. The fraction of sp³-hybridized carbons (Fsp3) is 0.250. The number of hydrogen-bond acceptors (Lipinski definition) is 5. The van der Waals surface area contributed by atoms with Crippen molar-refractivity contribution in [2.24, 2.45) is 0 Å². The van der Waals surface area contributed by atoms with Crippen LogP contribution in [0.4, 0.5) is 10.1 Å². The zero-order chi connectivity index (χ0) is 14.4. The van der Waals surface area contributed by atoms with E-state index in [1.165, 1.54) is 0 Å². The summed E-state index contributed by atoms with van der Waals surface area (Å²) in [5.41, 5.74) is -0.962. The van der Waals surface area contributed by atoms with E-state index in [1.807, 2.05) is 0 Å². The third-order valence-electron chi connectivity index (χ3n) is 2.23. The summed E-state index contributed by atoms with van der Waals surface area (Å²) >= 11 is 0. The van der Waals surface area contributed by atoms with Gasteiger partial charge in [-0.3, -0.25) is 10.1 Å². The van der Waals surface area contributed by atoms with E-state index in [-0.39, 0.29) is 12.4 Å². The molecule has 102 valence electrons. The van der Waals surface area contributed by atoms with E-state index in [0.717, 1.165) is 13.2 Å². The standard InChI is InChI=1S/C12H12FNO5/c1-3-4-5-19-11-6-8(12(15)18-2)9(13)7-10(11)14(16)17/h3,6-7H,1,4-5H2,2H3.